The van der Waals surface area contributed by atoms with Crippen LogP contribution in [0, 0.1) is 0 Å². The third-order valence-electron chi connectivity index (χ3n) is 6.45. The molecule has 0 aliphatic rings. The molecular formula is C32H24F3NO3. The van der Waals surface area contributed by atoms with Crippen molar-refractivity contribution in [3.63, 3.8) is 0 Å². The van der Waals surface area contributed by atoms with E-state index in [1.54, 1.807) is 36.5 Å². The molecule has 0 aliphatic carbocycles. The van der Waals surface area contributed by atoms with Crippen LogP contribution in [0.15, 0.2) is 103 Å². The number of benzene rings is 4. The molecular weight excluding hydrogens is 503 g/mol. The minimum Gasteiger partial charge on any atom is -0.489 e. The Balaban J connectivity index is 1.46. The van der Waals surface area contributed by atoms with Gasteiger partial charge in [-0.15, -0.1) is 0 Å². The Kier molecular flexibility index (Phi) is 7.32. The van der Waals surface area contributed by atoms with Gasteiger partial charge in [0.15, 0.2) is 0 Å². The van der Waals surface area contributed by atoms with E-state index in [0.29, 0.717) is 35.3 Å². The van der Waals surface area contributed by atoms with E-state index >= 15 is 0 Å². The fraction of sp³-hybridized carbons (Fsp3) is 0.125. The third kappa shape index (κ3) is 6.09. The predicted molar refractivity (Wildman–Crippen MR) is 144 cm³/mol. The minimum absolute atomic E-state index is 0.0387. The van der Waals surface area contributed by atoms with Crippen LogP contribution in [0.1, 0.15) is 27.8 Å². The lowest BCUT2D eigenvalue weighted by molar-refractivity contribution is -0.137. The highest BCUT2D eigenvalue weighted by atomic mass is 19.4. The summed E-state index contributed by atoms with van der Waals surface area (Å²) < 4.78 is 47.2. The molecule has 0 fully saturated rings. The average molecular weight is 528 g/mol. The van der Waals surface area contributed by atoms with Gasteiger partial charge < -0.3 is 9.84 Å². The third-order valence-corrected chi connectivity index (χ3v) is 6.45. The lowest BCUT2D eigenvalue weighted by Gasteiger charge is -2.17. The standard InChI is InChI=1S/C32H24F3NO3/c33-32(34,35)28-8-4-7-27-30(25(19-36-31(27)28)17-21-5-2-1-3-6-21)24-13-15-26(16-14-24)39-20-23-11-9-22(10-12-23)18-29(37)38/h1-16,19H,17-18,20H2,(H,37,38). The van der Waals surface area contributed by atoms with E-state index in [1.807, 2.05) is 54.6 Å². The Morgan fingerprint density at radius 1 is 0.795 bits per heavy atom. The van der Waals surface area contributed by atoms with E-state index in [1.165, 1.54) is 6.07 Å². The summed E-state index contributed by atoms with van der Waals surface area (Å²) >= 11 is 0. The summed E-state index contributed by atoms with van der Waals surface area (Å²) in [5.41, 5.74) is 4.07. The van der Waals surface area contributed by atoms with Crippen LogP contribution >= 0.6 is 0 Å². The van der Waals surface area contributed by atoms with Crippen molar-refractivity contribution in [2.75, 3.05) is 0 Å². The van der Waals surface area contributed by atoms with Crippen molar-refractivity contribution in [3.05, 3.63) is 131 Å². The summed E-state index contributed by atoms with van der Waals surface area (Å²) in [7, 11) is 0. The molecule has 196 valence electrons. The van der Waals surface area contributed by atoms with E-state index in [-0.39, 0.29) is 11.9 Å². The van der Waals surface area contributed by atoms with Gasteiger partial charge in [-0.25, -0.2) is 0 Å². The van der Waals surface area contributed by atoms with Gasteiger partial charge in [-0.1, -0.05) is 78.9 Å². The van der Waals surface area contributed by atoms with Gasteiger partial charge in [0, 0.05) is 11.6 Å². The number of hydrogen-bond acceptors (Lipinski definition) is 3. The highest BCUT2D eigenvalue weighted by Crippen LogP contribution is 2.39. The van der Waals surface area contributed by atoms with Crippen LogP contribution in [0.25, 0.3) is 22.0 Å². The smallest absolute Gasteiger partial charge is 0.418 e. The molecule has 7 heteroatoms. The summed E-state index contributed by atoms with van der Waals surface area (Å²) in [5.74, 6) is -0.282. The van der Waals surface area contributed by atoms with Crippen molar-refractivity contribution in [1.29, 1.82) is 0 Å². The number of rotatable bonds is 8. The van der Waals surface area contributed by atoms with Crippen molar-refractivity contribution in [3.8, 4) is 16.9 Å². The number of ether oxygens (including phenoxy) is 1. The number of carboxylic acid groups (broad SMARTS) is 1. The van der Waals surface area contributed by atoms with Gasteiger partial charge in [0.1, 0.15) is 12.4 Å². The Hall–Kier alpha value is -4.65. The van der Waals surface area contributed by atoms with Crippen LogP contribution in [-0.2, 0) is 30.4 Å². The fourth-order valence-electron chi connectivity index (χ4n) is 4.60. The summed E-state index contributed by atoms with van der Waals surface area (Å²) in [5, 5.41) is 9.35. The highest BCUT2D eigenvalue weighted by Gasteiger charge is 2.33. The maximum absolute atomic E-state index is 13.8. The molecule has 0 saturated heterocycles. The number of aromatic nitrogens is 1. The Bertz CT molecular complexity index is 1600. The molecule has 5 rings (SSSR count). The van der Waals surface area contributed by atoms with Crippen LogP contribution in [0.2, 0.25) is 0 Å². The lowest BCUT2D eigenvalue weighted by Crippen LogP contribution is -2.07. The number of pyridine rings is 1. The quantitative estimate of drug-likeness (QED) is 0.224. The van der Waals surface area contributed by atoms with Gasteiger partial charge in [0.25, 0.3) is 0 Å². The average Bonchev–Trinajstić information content (AvgIpc) is 2.92. The number of para-hydroxylation sites is 1. The van der Waals surface area contributed by atoms with Crippen molar-refractivity contribution >= 4 is 16.9 Å². The lowest BCUT2D eigenvalue weighted by atomic mass is 9.92. The molecule has 1 aromatic heterocycles. The molecule has 1 heterocycles. The first kappa shape index (κ1) is 26.0. The second-order valence-electron chi connectivity index (χ2n) is 9.22. The minimum atomic E-state index is -4.52. The number of nitrogens with zero attached hydrogens (tertiary/aromatic N) is 1. The Morgan fingerprint density at radius 3 is 2.15 bits per heavy atom. The topological polar surface area (TPSA) is 59.4 Å². The van der Waals surface area contributed by atoms with Crippen molar-refractivity contribution in [2.45, 2.75) is 25.6 Å². The van der Waals surface area contributed by atoms with Crippen LogP contribution in [0.3, 0.4) is 0 Å². The predicted octanol–water partition coefficient (Wildman–Crippen LogP) is 7.72. The highest BCUT2D eigenvalue weighted by molar-refractivity contribution is 5.98. The molecule has 4 nitrogen and oxygen atoms in total. The number of carboxylic acids is 1. The number of aliphatic carboxylic acids is 1. The molecule has 4 aromatic carbocycles. The normalized spacial score (nSPS) is 11.5. The summed E-state index contributed by atoms with van der Waals surface area (Å²) in [4.78, 5) is 15.1. The second kappa shape index (κ2) is 11.0. The maximum atomic E-state index is 13.8. The van der Waals surface area contributed by atoms with Crippen LogP contribution in [-0.4, -0.2) is 16.1 Å². The zero-order valence-corrected chi connectivity index (χ0v) is 20.8. The number of carbonyl (C=O) groups is 1. The fourth-order valence-corrected chi connectivity index (χ4v) is 4.60. The van der Waals surface area contributed by atoms with Gasteiger partial charge in [-0.2, -0.15) is 13.2 Å². The van der Waals surface area contributed by atoms with Crippen molar-refractivity contribution in [2.24, 2.45) is 0 Å². The molecule has 5 aromatic rings. The molecule has 0 atom stereocenters. The Labute approximate surface area is 223 Å². The van der Waals surface area contributed by atoms with Gasteiger partial charge in [-0.05, 0) is 58.0 Å². The summed E-state index contributed by atoms with van der Waals surface area (Å²) in [6.45, 7) is 0.291. The van der Waals surface area contributed by atoms with E-state index in [0.717, 1.165) is 28.3 Å². The molecule has 0 spiro atoms. The molecule has 39 heavy (non-hydrogen) atoms. The molecule has 0 saturated carbocycles. The number of halogens is 3. The first-order chi connectivity index (χ1) is 18.8. The monoisotopic (exact) mass is 527 g/mol. The second-order valence-corrected chi connectivity index (χ2v) is 9.22. The SMILES string of the molecule is O=C(O)Cc1ccc(COc2ccc(-c3c(Cc4ccccc4)cnc4c(C(F)(F)F)cccc34)cc2)cc1. The molecule has 1 N–H and O–H groups in total. The molecule has 0 unspecified atom stereocenters. The largest absolute Gasteiger partial charge is 0.489 e. The first-order valence-electron chi connectivity index (χ1n) is 12.3. The van der Waals surface area contributed by atoms with E-state index in [4.69, 9.17) is 9.84 Å². The molecule has 0 amide bonds. The number of hydrogen-bond donors (Lipinski definition) is 1. The van der Waals surface area contributed by atoms with Gasteiger partial charge in [0.2, 0.25) is 0 Å². The van der Waals surface area contributed by atoms with E-state index in [9.17, 15) is 18.0 Å². The zero-order valence-electron chi connectivity index (χ0n) is 20.8. The van der Waals surface area contributed by atoms with Crippen molar-refractivity contribution in [1.82, 2.24) is 4.98 Å². The van der Waals surface area contributed by atoms with E-state index < -0.39 is 17.7 Å². The maximum Gasteiger partial charge on any atom is 0.418 e. The first-order valence-corrected chi connectivity index (χ1v) is 12.3. The van der Waals surface area contributed by atoms with E-state index in [2.05, 4.69) is 4.98 Å². The van der Waals surface area contributed by atoms with Gasteiger partial charge in [0.05, 0.1) is 17.5 Å². The summed E-state index contributed by atoms with van der Waals surface area (Å²) in [6.07, 6.45) is -2.50. The van der Waals surface area contributed by atoms with Crippen LogP contribution < -0.4 is 4.74 Å². The van der Waals surface area contributed by atoms with Crippen LogP contribution in [0.4, 0.5) is 13.2 Å². The zero-order chi connectivity index (χ0) is 27.4. The Morgan fingerprint density at radius 2 is 1.49 bits per heavy atom. The number of fused-ring (bicyclic) bond motifs is 1. The van der Waals surface area contributed by atoms with Crippen LogP contribution in [0.5, 0.6) is 5.75 Å². The van der Waals surface area contributed by atoms with Gasteiger partial charge in [-0.3, -0.25) is 9.78 Å². The van der Waals surface area contributed by atoms with Crippen molar-refractivity contribution < 1.29 is 27.8 Å². The molecule has 0 radical (unpaired) electrons. The number of alkyl halides is 3. The summed E-state index contributed by atoms with van der Waals surface area (Å²) in [6, 6.07) is 28.3. The van der Waals surface area contributed by atoms with Gasteiger partial charge >= 0.3 is 12.1 Å². The molecule has 0 bridgehead atoms. The molecule has 0 aliphatic heterocycles.